The number of benzene rings is 3. The van der Waals surface area contributed by atoms with E-state index >= 15 is 0 Å². The first-order chi connectivity index (χ1) is 16.1. The molecule has 9 heteroatoms. The van der Waals surface area contributed by atoms with E-state index < -0.39 is 17.8 Å². The summed E-state index contributed by atoms with van der Waals surface area (Å²) in [4.78, 5) is 25.8. The molecule has 33 heavy (non-hydrogen) atoms. The summed E-state index contributed by atoms with van der Waals surface area (Å²) in [5, 5.41) is 11.8. The van der Waals surface area contributed by atoms with E-state index in [1.165, 1.54) is 12.1 Å². The average Bonchev–Trinajstić information content (AvgIpc) is 2.81. The van der Waals surface area contributed by atoms with Crippen molar-refractivity contribution in [1.29, 1.82) is 0 Å². The Morgan fingerprint density at radius 1 is 0.727 bits per heavy atom. The molecule has 1 heterocycles. The molecular formula is C24H22FN7O. The van der Waals surface area contributed by atoms with Crippen LogP contribution in [-0.4, -0.2) is 26.9 Å². The van der Waals surface area contributed by atoms with Gasteiger partial charge in [-0.3, -0.25) is 4.79 Å². The highest BCUT2D eigenvalue weighted by Gasteiger charge is 2.17. The van der Waals surface area contributed by atoms with Crippen molar-refractivity contribution in [2.45, 2.75) is 13.0 Å². The SMILES string of the molecule is C[C@H](Nc1nc(Nc2ccccc2)nc(Nc2ccccc2)n1)C(=O)Nc1ccccc1F. The fourth-order valence-electron chi connectivity index (χ4n) is 2.92. The normalized spacial score (nSPS) is 11.3. The number of rotatable bonds is 8. The minimum atomic E-state index is -0.749. The summed E-state index contributed by atoms with van der Waals surface area (Å²) >= 11 is 0. The quantitative estimate of drug-likeness (QED) is 0.306. The summed E-state index contributed by atoms with van der Waals surface area (Å²) in [6, 6.07) is 24.1. The van der Waals surface area contributed by atoms with Crippen molar-refractivity contribution in [3.63, 3.8) is 0 Å². The smallest absolute Gasteiger partial charge is 0.246 e. The molecule has 166 valence electrons. The summed E-state index contributed by atoms with van der Waals surface area (Å²) in [6.07, 6.45) is 0. The Hall–Kier alpha value is -4.53. The molecule has 0 aliphatic carbocycles. The van der Waals surface area contributed by atoms with E-state index in [1.54, 1.807) is 19.1 Å². The average molecular weight is 443 g/mol. The molecule has 0 radical (unpaired) electrons. The fraction of sp³-hybridized carbons (Fsp3) is 0.0833. The second-order valence-electron chi connectivity index (χ2n) is 7.12. The summed E-state index contributed by atoms with van der Waals surface area (Å²) in [5.74, 6) is -0.187. The van der Waals surface area contributed by atoms with Gasteiger partial charge in [-0.05, 0) is 43.3 Å². The van der Waals surface area contributed by atoms with Gasteiger partial charge < -0.3 is 21.3 Å². The second kappa shape index (κ2) is 10.2. The number of anilines is 6. The van der Waals surface area contributed by atoms with E-state index in [0.717, 1.165) is 11.4 Å². The van der Waals surface area contributed by atoms with Crippen LogP contribution in [-0.2, 0) is 4.79 Å². The lowest BCUT2D eigenvalue weighted by Crippen LogP contribution is -2.33. The first kappa shape index (κ1) is 21.7. The van der Waals surface area contributed by atoms with Crippen molar-refractivity contribution in [2.24, 2.45) is 0 Å². The van der Waals surface area contributed by atoms with Gasteiger partial charge in [0.1, 0.15) is 11.9 Å². The molecule has 4 N–H and O–H groups in total. The Morgan fingerprint density at radius 2 is 1.21 bits per heavy atom. The number of aromatic nitrogens is 3. The zero-order valence-corrected chi connectivity index (χ0v) is 17.8. The minimum absolute atomic E-state index is 0.102. The van der Waals surface area contributed by atoms with Gasteiger partial charge in [0.05, 0.1) is 5.69 Å². The molecule has 0 bridgehead atoms. The highest BCUT2D eigenvalue weighted by atomic mass is 19.1. The molecule has 0 aliphatic rings. The predicted molar refractivity (Wildman–Crippen MR) is 127 cm³/mol. The number of halogens is 1. The third-order valence-electron chi connectivity index (χ3n) is 4.57. The Balaban J connectivity index is 1.55. The van der Waals surface area contributed by atoms with Crippen LogP contribution in [0.1, 0.15) is 6.92 Å². The van der Waals surface area contributed by atoms with E-state index in [9.17, 15) is 9.18 Å². The van der Waals surface area contributed by atoms with Gasteiger partial charge in [0.25, 0.3) is 0 Å². The number of hydrogen-bond acceptors (Lipinski definition) is 7. The molecule has 1 atom stereocenters. The molecule has 4 aromatic rings. The van der Waals surface area contributed by atoms with Crippen molar-refractivity contribution < 1.29 is 9.18 Å². The van der Waals surface area contributed by atoms with E-state index in [0.29, 0.717) is 11.9 Å². The van der Waals surface area contributed by atoms with Gasteiger partial charge in [-0.15, -0.1) is 0 Å². The first-order valence-electron chi connectivity index (χ1n) is 10.3. The van der Waals surface area contributed by atoms with Crippen LogP contribution >= 0.6 is 0 Å². The standard InChI is InChI=1S/C24H22FN7O/c1-16(21(33)29-20-15-9-8-14-19(20)25)26-22-30-23(27-17-10-4-2-5-11-17)32-24(31-22)28-18-12-6-3-7-13-18/h2-16H,1H3,(H,29,33)(H3,26,27,28,30,31,32)/t16-/m0/s1. The van der Waals surface area contributed by atoms with Crippen LogP contribution < -0.4 is 21.3 Å². The zero-order chi connectivity index (χ0) is 23.0. The van der Waals surface area contributed by atoms with Gasteiger partial charge in [0, 0.05) is 11.4 Å². The highest BCUT2D eigenvalue weighted by Crippen LogP contribution is 2.19. The largest absolute Gasteiger partial charge is 0.342 e. The third kappa shape index (κ3) is 6.01. The van der Waals surface area contributed by atoms with Crippen molar-refractivity contribution >= 4 is 40.8 Å². The maximum Gasteiger partial charge on any atom is 0.246 e. The molecule has 0 saturated heterocycles. The van der Waals surface area contributed by atoms with Crippen LogP contribution in [0, 0.1) is 5.82 Å². The van der Waals surface area contributed by atoms with Gasteiger partial charge in [-0.1, -0.05) is 48.5 Å². The maximum absolute atomic E-state index is 13.9. The van der Waals surface area contributed by atoms with E-state index in [1.807, 2.05) is 60.7 Å². The minimum Gasteiger partial charge on any atom is -0.342 e. The van der Waals surface area contributed by atoms with Gasteiger partial charge in [0.15, 0.2) is 0 Å². The summed E-state index contributed by atoms with van der Waals surface area (Å²) in [5.41, 5.74) is 1.70. The molecule has 0 saturated carbocycles. The van der Waals surface area contributed by atoms with Crippen molar-refractivity contribution in [3.8, 4) is 0 Å². The van der Waals surface area contributed by atoms with E-state index in [2.05, 4.69) is 36.2 Å². The Labute approximate surface area is 190 Å². The van der Waals surface area contributed by atoms with Crippen LogP contribution in [0.3, 0.4) is 0 Å². The van der Waals surface area contributed by atoms with Gasteiger partial charge in [-0.2, -0.15) is 15.0 Å². The van der Waals surface area contributed by atoms with Crippen LogP contribution in [0.15, 0.2) is 84.9 Å². The van der Waals surface area contributed by atoms with Crippen LogP contribution in [0.25, 0.3) is 0 Å². The number of nitrogens with zero attached hydrogens (tertiary/aromatic N) is 3. The Morgan fingerprint density at radius 3 is 1.76 bits per heavy atom. The molecule has 0 aliphatic heterocycles. The van der Waals surface area contributed by atoms with Crippen LogP contribution in [0.4, 0.5) is 39.3 Å². The number of carbonyl (C=O) groups excluding carboxylic acids is 1. The highest BCUT2D eigenvalue weighted by molar-refractivity contribution is 5.96. The monoisotopic (exact) mass is 443 g/mol. The van der Waals surface area contributed by atoms with Crippen LogP contribution in [0.2, 0.25) is 0 Å². The lowest BCUT2D eigenvalue weighted by molar-refractivity contribution is -0.116. The molecule has 1 aromatic heterocycles. The molecule has 0 fully saturated rings. The van der Waals surface area contributed by atoms with E-state index in [4.69, 9.17) is 0 Å². The van der Waals surface area contributed by atoms with Gasteiger partial charge in [0.2, 0.25) is 23.8 Å². The maximum atomic E-state index is 13.9. The molecule has 1 amide bonds. The summed E-state index contributed by atoms with van der Waals surface area (Å²) in [6.45, 7) is 1.63. The predicted octanol–water partition coefficient (Wildman–Crippen LogP) is 4.94. The molecule has 8 nitrogen and oxygen atoms in total. The Kier molecular flexibility index (Phi) is 6.70. The summed E-state index contributed by atoms with van der Waals surface area (Å²) < 4.78 is 13.9. The molecular weight excluding hydrogens is 421 g/mol. The number of carbonyl (C=O) groups is 1. The number of para-hydroxylation sites is 3. The number of hydrogen-bond donors (Lipinski definition) is 4. The lowest BCUT2D eigenvalue weighted by Gasteiger charge is -2.16. The van der Waals surface area contributed by atoms with E-state index in [-0.39, 0.29) is 11.6 Å². The molecule has 3 aromatic carbocycles. The molecule has 4 rings (SSSR count). The zero-order valence-electron chi connectivity index (χ0n) is 17.8. The number of nitrogens with one attached hydrogen (secondary N) is 4. The fourth-order valence-corrected chi connectivity index (χ4v) is 2.92. The number of amides is 1. The molecule has 0 spiro atoms. The summed E-state index contributed by atoms with van der Waals surface area (Å²) in [7, 11) is 0. The van der Waals surface area contributed by atoms with Crippen LogP contribution in [0.5, 0.6) is 0 Å². The first-order valence-corrected chi connectivity index (χ1v) is 10.3. The Bertz CT molecular complexity index is 1160. The molecule has 0 unspecified atom stereocenters. The van der Waals surface area contributed by atoms with Gasteiger partial charge in [-0.25, -0.2) is 4.39 Å². The van der Waals surface area contributed by atoms with Crippen molar-refractivity contribution in [2.75, 3.05) is 21.3 Å². The van der Waals surface area contributed by atoms with Gasteiger partial charge >= 0.3 is 0 Å². The topological polar surface area (TPSA) is 104 Å². The third-order valence-corrected chi connectivity index (χ3v) is 4.57. The second-order valence-corrected chi connectivity index (χ2v) is 7.12. The lowest BCUT2D eigenvalue weighted by atomic mass is 10.2. The van der Waals surface area contributed by atoms with Crippen molar-refractivity contribution in [3.05, 3.63) is 90.7 Å². The van der Waals surface area contributed by atoms with Crippen molar-refractivity contribution in [1.82, 2.24) is 15.0 Å².